The fourth-order valence-corrected chi connectivity index (χ4v) is 1.89. The molecule has 110 valence electrons. The molecule has 0 saturated carbocycles. The van der Waals surface area contributed by atoms with Crippen LogP contribution in [-0.2, 0) is 9.53 Å². The number of nitro benzene ring substituents is 1. The molecule has 0 radical (unpaired) electrons. The van der Waals surface area contributed by atoms with Crippen molar-refractivity contribution in [1.29, 1.82) is 0 Å². The van der Waals surface area contributed by atoms with Gasteiger partial charge in [-0.15, -0.1) is 0 Å². The van der Waals surface area contributed by atoms with Crippen LogP contribution >= 0.6 is 0 Å². The third-order valence-electron chi connectivity index (χ3n) is 2.94. The summed E-state index contributed by atoms with van der Waals surface area (Å²) in [4.78, 5) is 41.2. The summed E-state index contributed by atoms with van der Waals surface area (Å²) in [6.07, 6.45) is 1.21. The lowest BCUT2D eigenvalue weighted by atomic mass is 10.1. The van der Waals surface area contributed by atoms with E-state index in [0.717, 1.165) is 6.07 Å². The Morgan fingerprint density at radius 2 is 2.24 bits per heavy atom. The Morgan fingerprint density at radius 3 is 2.86 bits per heavy atom. The molecule has 0 saturated heterocycles. The maximum atomic E-state index is 11.7. The number of aromatic amines is 1. The number of nitro groups is 1. The molecule has 21 heavy (non-hydrogen) atoms. The van der Waals surface area contributed by atoms with E-state index >= 15 is 0 Å². The number of benzene rings is 1. The molecule has 0 aliphatic rings. The molecule has 0 spiro atoms. The molecule has 1 aromatic heterocycles. The number of carbonyl (C=O) groups is 1. The Balaban J connectivity index is 2.61. The van der Waals surface area contributed by atoms with Crippen molar-refractivity contribution in [3.8, 4) is 0 Å². The highest BCUT2D eigenvalue weighted by molar-refractivity contribution is 5.88. The number of likely N-dealkylation sites (N-methyl/N-ethyl adjacent to an activating group) is 1. The number of anilines is 1. The van der Waals surface area contributed by atoms with E-state index in [1.54, 1.807) is 0 Å². The number of aromatic nitrogens is 2. The second-order valence-corrected chi connectivity index (χ2v) is 4.28. The van der Waals surface area contributed by atoms with Gasteiger partial charge in [-0.2, -0.15) is 0 Å². The smallest absolute Gasteiger partial charge is 0.325 e. The van der Waals surface area contributed by atoms with Crippen LogP contribution in [0.25, 0.3) is 10.9 Å². The molecule has 0 bridgehead atoms. The lowest BCUT2D eigenvalue weighted by Crippen LogP contribution is -2.27. The molecule has 0 fully saturated rings. The summed E-state index contributed by atoms with van der Waals surface area (Å²) in [7, 11) is 2.74. The number of ether oxygens (including phenoxy) is 1. The average molecular weight is 292 g/mol. The molecule has 0 amide bonds. The number of H-pyrrole nitrogens is 1. The summed E-state index contributed by atoms with van der Waals surface area (Å²) >= 11 is 0. The van der Waals surface area contributed by atoms with Crippen molar-refractivity contribution in [3.63, 3.8) is 0 Å². The standard InChI is InChI=1S/C12H12N4O5/c1-15(5-11(17)21-2)9-4-8-7(3-10(9)16(19)20)12(18)14-6-13-8/h3-4,6H,5H2,1-2H3,(H,13,14,18). The monoisotopic (exact) mass is 292 g/mol. The van der Waals surface area contributed by atoms with Gasteiger partial charge in [-0.3, -0.25) is 19.7 Å². The number of nitrogens with zero attached hydrogens (tertiary/aromatic N) is 3. The molecule has 0 atom stereocenters. The molecule has 2 aromatic rings. The SMILES string of the molecule is COC(=O)CN(C)c1cc2nc[nH]c(=O)c2cc1[N+](=O)[O-]. The van der Waals surface area contributed by atoms with Gasteiger partial charge in [0.15, 0.2) is 0 Å². The number of carbonyl (C=O) groups excluding carboxylic acids is 1. The van der Waals surface area contributed by atoms with Crippen LogP contribution in [0.5, 0.6) is 0 Å². The van der Waals surface area contributed by atoms with Gasteiger partial charge in [0.25, 0.3) is 11.2 Å². The van der Waals surface area contributed by atoms with Crippen LogP contribution in [0.15, 0.2) is 23.3 Å². The van der Waals surface area contributed by atoms with E-state index in [2.05, 4.69) is 14.7 Å². The summed E-state index contributed by atoms with van der Waals surface area (Å²) < 4.78 is 4.53. The molecule has 0 aliphatic carbocycles. The Bertz CT molecular complexity index is 770. The van der Waals surface area contributed by atoms with Crippen LogP contribution in [0.4, 0.5) is 11.4 Å². The molecular formula is C12H12N4O5. The van der Waals surface area contributed by atoms with E-state index in [1.807, 2.05) is 0 Å². The van der Waals surface area contributed by atoms with Crippen LogP contribution in [0.2, 0.25) is 0 Å². The van der Waals surface area contributed by atoms with Crippen LogP contribution in [0.1, 0.15) is 0 Å². The van der Waals surface area contributed by atoms with Crippen LogP contribution in [0, 0.1) is 10.1 Å². The maximum absolute atomic E-state index is 11.7. The van der Waals surface area contributed by atoms with Crippen molar-refractivity contribution in [2.75, 3.05) is 25.6 Å². The lowest BCUT2D eigenvalue weighted by molar-refractivity contribution is -0.384. The predicted molar refractivity (Wildman–Crippen MR) is 74.3 cm³/mol. The molecular weight excluding hydrogens is 280 g/mol. The van der Waals surface area contributed by atoms with Gasteiger partial charge in [-0.05, 0) is 6.07 Å². The van der Waals surface area contributed by atoms with Crippen LogP contribution in [-0.4, -0.2) is 41.6 Å². The topological polar surface area (TPSA) is 118 Å². The number of hydrogen-bond acceptors (Lipinski definition) is 7. The van der Waals surface area contributed by atoms with Gasteiger partial charge in [0.2, 0.25) is 0 Å². The highest BCUT2D eigenvalue weighted by Gasteiger charge is 2.21. The molecule has 9 nitrogen and oxygen atoms in total. The van der Waals surface area contributed by atoms with Crippen LogP contribution in [0.3, 0.4) is 0 Å². The Morgan fingerprint density at radius 1 is 1.52 bits per heavy atom. The Kier molecular flexibility index (Phi) is 3.83. The molecule has 0 aliphatic heterocycles. The van der Waals surface area contributed by atoms with Crippen molar-refractivity contribution >= 4 is 28.2 Å². The fourth-order valence-electron chi connectivity index (χ4n) is 1.89. The van der Waals surface area contributed by atoms with E-state index in [4.69, 9.17) is 0 Å². The van der Waals surface area contributed by atoms with Crippen molar-refractivity contribution in [2.45, 2.75) is 0 Å². The zero-order valence-corrected chi connectivity index (χ0v) is 11.3. The summed E-state index contributed by atoms with van der Waals surface area (Å²) in [6, 6.07) is 2.54. The lowest BCUT2D eigenvalue weighted by Gasteiger charge is -2.17. The molecule has 0 unspecified atom stereocenters. The quantitative estimate of drug-likeness (QED) is 0.493. The fraction of sp³-hybridized carbons (Fsp3) is 0.250. The largest absolute Gasteiger partial charge is 0.468 e. The van der Waals surface area contributed by atoms with Crippen LogP contribution < -0.4 is 10.5 Å². The van der Waals surface area contributed by atoms with Gasteiger partial charge >= 0.3 is 5.97 Å². The molecule has 1 N–H and O–H groups in total. The first kappa shape index (κ1) is 14.4. The summed E-state index contributed by atoms with van der Waals surface area (Å²) in [5, 5.41) is 11.3. The average Bonchev–Trinajstić information content (AvgIpc) is 2.46. The third-order valence-corrected chi connectivity index (χ3v) is 2.94. The number of methoxy groups -OCH3 is 1. The van der Waals surface area contributed by atoms with Gasteiger partial charge < -0.3 is 14.6 Å². The minimum Gasteiger partial charge on any atom is -0.468 e. The van der Waals surface area contributed by atoms with Gasteiger partial charge in [0, 0.05) is 13.1 Å². The normalized spacial score (nSPS) is 10.4. The van der Waals surface area contributed by atoms with E-state index < -0.39 is 16.5 Å². The van der Waals surface area contributed by atoms with Gasteiger partial charge in [0.05, 0.1) is 29.3 Å². The molecule has 1 heterocycles. The van der Waals surface area contributed by atoms with Crippen molar-refractivity contribution in [2.24, 2.45) is 0 Å². The van der Waals surface area contributed by atoms with E-state index in [9.17, 15) is 19.7 Å². The Labute approximate surface area is 118 Å². The highest BCUT2D eigenvalue weighted by atomic mass is 16.6. The minimum atomic E-state index is -0.616. The maximum Gasteiger partial charge on any atom is 0.325 e. The summed E-state index contributed by atoms with van der Waals surface area (Å²) in [6.45, 7) is -0.161. The van der Waals surface area contributed by atoms with Gasteiger partial charge in [0.1, 0.15) is 12.2 Å². The minimum absolute atomic E-state index is 0.111. The van der Waals surface area contributed by atoms with Crippen molar-refractivity contribution < 1.29 is 14.5 Å². The second-order valence-electron chi connectivity index (χ2n) is 4.28. The Hall–Kier alpha value is -2.97. The number of nitrogens with one attached hydrogen (secondary N) is 1. The number of hydrogen-bond donors (Lipinski definition) is 1. The highest BCUT2D eigenvalue weighted by Crippen LogP contribution is 2.30. The van der Waals surface area contributed by atoms with Gasteiger partial charge in [-0.25, -0.2) is 4.98 Å². The first-order valence-corrected chi connectivity index (χ1v) is 5.88. The molecule has 2 rings (SSSR count). The third kappa shape index (κ3) is 2.81. The zero-order valence-electron chi connectivity index (χ0n) is 11.3. The van der Waals surface area contributed by atoms with E-state index in [-0.39, 0.29) is 23.3 Å². The van der Waals surface area contributed by atoms with E-state index in [0.29, 0.717) is 5.52 Å². The van der Waals surface area contributed by atoms with Crippen molar-refractivity contribution in [1.82, 2.24) is 9.97 Å². The number of fused-ring (bicyclic) bond motifs is 1. The first-order valence-electron chi connectivity index (χ1n) is 5.88. The molecule has 9 heteroatoms. The summed E-state index contributed by atoms with van der Waals surface area (Å²) in [5.41, 5.74) is -0.273. The van der Waals surface area contributed by atoms with E-state index in [1.165, 1.54) is 31.5 Å². The van der Waals surface area contributed by atoms with Gasteiger partial charge in [-0.1, -0.05) is 0 Å². The first-order chi connectivity index (χ1) is 9.93. The zero-order chi connectivity index (χ0) is 15.6. The molecule has 1 aromatic carbocycles. The predicted octanol–water partition coefficient (Wildman–Crippen LogP) is 0.440. The second kappa shape index (κ2) is 5.57. The number of esters is 1. The van der Waals surface area contributed by atoms with Crippen molar-refractivity contribution in [3.05, 3.63) is 38.9 Å². The number of rotatable bonds is 4. The summed E-state index contributed by atoms with van der Waals surface area (Å²) in [5.74, 6) is -0.536.